The molecule has 1 N–H and O–H groups in total. The van der Waals surface area contributed by atoms with Crippen molar-refractivity contribution < 1.29 is 28.9 Å². The third-order valence-electron chi connectivity index (χ3n) is 6.46. The van der Waals surface area contributed by atoms with Crippen LogP contribution in [-0.2, 0) is 23.8 Å². The summed E-state index contributed by atoms with van der Waals surface area (Å²) in [7, 11) is 0. The van der Waals surface area contributed by atoms with Crippen molar-refractivity contribution in [3.8, 4) is 0 Å². The summed E-state index contributed by atoms with van der Waals surface area (Å²) in [6, 6.07) is 0. The predicted octanol–water partition coefficient (Wildman–Crippen LogP) is 2.63. The maximum atomic E-state index is 13.1. The van der Waals surface area contributed by atoms with Crippen molar-refractivity contribution in [1.82, 2.24) is 0 Å². The summed E-state index contributed by atoms with van der Waals surface area (Å²) >= 11 is 0. The molecule has 1 heterocycles. The average Bonchev–Trinajstić information content (AvgIpc) is 2.52. The van der Waals surface area contributed by atoms with E-state index < -0.39 is 28.9 Å². The lowest BCUT2D eigenvalue weighted by Gasteiger charge is -2.62. The number of rotatable bonds is 4. The molecule has 0 radical (unpaired) electrons. The smallest absolute Gasteiger partial charge is 0.333 e. The van der Waals surface area contributed by atoms with Gasteiger partial charge in [0.15, 0.2) is 0 Å². The summed E-state index contributed by atoms with van der Waals surface area (Å²) in [6.45, 7) is 5.88. The van der Waals surface area contributed by atoms with Crippen LogP contribution in [0.3, 0.4) is 0 Å². The van der Waals surface area contributed by atoms with Crippen LogP contribution in [0.1, 0.15) is 64.7 Å². The maximum Gasteiger partial charge on any atom is 0.333 e. The second kappa shape index (κ2) is 6.06. The van der Waals surface area contributed by atoms with E-state index in [0.717, 1.165) is 12.8 Å². The monoisotopic (exact) mass is 364 g/mol. The van der Waals surface area contributed by atoms with Crippen LogP contribution in [0, 0.1) is 11.3 Å². The van der Waals surface area contributed by atoms with E-state index in [9.17, 15) is 14.7 Å². The van der Waals surface area contributed by atoms with Gasteiger partial charge in [-0.05, 0) is 51.4 Å². The molecular formula is C20H28O6. The SMILES string of the molecule is C=C(C)C(=O)OC12CC3CC(O)(C1)CC(C(=O)OC1CCCCO1)(C3)C2. The largest absolute Gasteiger partial charge is 0.456 e. The van der Waals surface area contributed by atoms with Crippen molar-refractivity contribution in [2.45, 2.75) is 82.2 Å². The normalized spacial score (nSPS) is 43.8. The van der Waals surface area contributed by atoms with E-state index in [-0.39, 0.29) is 11.9 Å². The molecule has 6 heteroatoms. The number of hydrogen-bond acceptors (Lipinski definition) is 6. The molecule has 1 aliphatic heterocycles. The van der Waals surface area contributed by atoms with Crippen LogP contribution < -0.4 is 0 Å². The summed E-state index contributed by atoms with van der Waals surface area (Å²) < 4.78 is 17.0. The summed E-state index contributed by atoms with van der Waals surface area (Å²) in [5.41, 5.74) is -2.22. The van der Waals surface area contributed by atoms with E-state index in [1.807, 2.05) is 0 Å². The van der Waals surface area contributed by atoms with Crippen LogP contribution in [0.5, 0.6) is 0 Å². The molecule has 4 aliphatic carbocycles. The molecule has 5 rings (SSSR count). The Hall–Kier alpha value is -1.40. The zero-order valence-corrected chi connectivity index (χ0v) is 15.4. The second-order valence-corrected chi connectivity index (χ2v) is 9.07. The molecule has 144 valence electrons. The van der Waals surface area contributed by atoms with E-state index in [1.54, 1.807) is 6.92 Å². The molecule has 0 aromatic heterocycles. The maximum absolute atomic E-state index is 13.1. The van der Waals surface area contributed by atoms with Crippen LogP contribution in [0.2, 0.25) is 0 Å². The first-order chi connectivity index (χ1) is 12.2. The van der Waals surface area contributed by atoms with E-state index in [1.165, 1.54) is 0 Å². The Bertz CT molecular complexity index is 638. The fraction of sp³-hybridized carbons (Fsp3) is 0.800. The van der Waals surface area contributed by atoms with Gasteiger partial charge in [0, 0.05) is 24.8 Å². The standard InChI is InChI=1S/C20H28O6/c1-13(2)16(21)26-20-9-14-7-18(11-20,10-19(23,8-14)12-20)17(22)25-15-5-3-4-6-24-15/h14-15,23H,1,3-12H2,2H3. The third-order valence-corrected chi connectivity index (χ3v) is 6.46. The topological polar surface area (TPSA) is 82.1 Å². The summed E-state index contributed by atoms with van der Waals surface area (Å²) in [6.07, 6.45) is 5.43. The molecule has 0 aromatic carbocycles. The quantitative estimate of drug-likeness (QED) is 0.610. The van der Waals surface area contributed by atoms with Crippen molar-refractivity contribution in [3.05, 3.63) is 12.2 Å². The lowest BCUT2D eigenvalue weighted by atomic mass is 9.46. The van der Waals surface area contributed by atoms with Crippen molar-refractivity contribution in [2.24, 2.45) is 11.3 Å². The zero-order valence-electron chi connectivity index (χ0n) is 15.4. The van der Waals surface area contributed by atoms with Crippen LogP contribution >= 0.6 is 0 Å². The van der Waals surface area contributed by atoms with Crippen molar-refractivity contribution >= 4 is 11.9 Å². The van der Waals surface area contributed by atoms with Crippen LogP contribution in [-0.4, -0.2) is 41.1 Å². The Morgan fingerprint density at radius 2 is 1.96 bits per heavy atom. The molecule has 26 heavy (non-hydrogen) atoms. The van der Waals surface area contributed by atoms with E-state index in [2.05, 4.69) is 6.58 Å². The molecule has 0 aromatic rings. The van der Waals surface area contributed by atoms with Crippen LogP contribution in [0.15, 0.2) is 12.2 Å². The molecule has 0 amide bonds. The molecule has 4 saturated carbocycles. The highest BCUT2D eigenvalue weighted by Crippen LogP contribution is 2.64. The van der Waals surface area contributed by atoms with Gasteiger partial charge in [-0.1, -0.05) is 6.58 Å². The minimum atomic E-state index is -0.971. The molecular weight excluding hydrogens is 336 g/mol. The van der Waals surface area contributed by atoms with Gasteiger partial charge in [0.2, 0.25) is 6.29 Å². The summed E-state index contributed by atoms with van der Waals surface area (Å²) in [4.78, 5) is 25.3. The minimum Gasteiger partial charge on any atom is -0.456 e. The molecule has 4 bridgehead atoms. The molecule has 5 unspecified atom stereocenters. The Kier molecular flexibility index (Phi) is 4.19. The van der Waals surface area contributed by atoms with Gasteiger partial charge in [0.25, 0.3) is 0 Å². The number of hydrogen-bond donors (Lipinski definition) is 1. The highest BCUT2D eigenvalue weighted by molar-refractivity contribution is 5.87. The van der Waals surface area contributed by atoms with Gasteiger partial charge < -0.3 is 19.3 Å². The first-order valence-electron chi connectivity index (χ1n) is 9.67. The van der Waals surface area contributed by atoms with Crippen LogP contribution in [0.25, 0.3) is 0 Å². The van der Waals surface area contributed by atoms with Crippen molar-refractivity contribution in [3.63, 3.8) is 0 Å². The minimum absolute atomic E-state index is 0.161. The first-order valence-corrected chi connectivity index (χ1v) is 9.67. The molecule has 1 saturated heterocycles. The lowest BCUT2D eigenvalue weighted by Crippen LogP contribution is -2.66. The van der Waals surface area contributed by atoms with Gasteiger partial charge in [0.1, 0.15) is 5.60 Å². The Morgan fingerprint density at radius 3 is 2.62 bits per heavy atom. The Balaban J connectivity index is 1.57. The van der Waals surface area contributed by atoms with Gasteiger partial charge in [-0.15, -0.1) is 0 Å². The average molecular weight is 364 g/mol. The molecule has 5 atom stereocenters. The molecule has 5 fully saturated rings. The van der Waals surface area contributed by atoms with Gasteiger partial charge >= 0.3 is 11.9 Å². The number of esters is 2. The number of carbonyl (C=O) groups is 2. The third kappa shape index (κ3) is 3.07. The summed E-state index contributed by atoms with van der Waals surface area (Å²) in [5.74, 6) is -0.591. The Labute approximate surface area is 153 Å². The predicted molar refractivity (Wildman–Crippen MR) is 91.9 cm³/mol. The number of carbonyl (C=O) groups excluding carboxylic acids is 2. The molecule has 5 aliphatic rings. The van der Waals surface area contributed by atoms with E-state index in [0.29, 0.717) is 57.1 Å². The second-order valence-electron chi connectivity index (χ2n) is 9.07. The molecule has 0 spiro atoms. The van der Waals surface area contributed by atoms with Crippen molar-refractivity contribution in [1.29, 1.82) is 0 Å². The fourth-order valence-electron chi connectivity index (χ4n) is 5.97. The van der Waals surface area contributed by atoms with Crippen molar-refractivity contribution in [2.75, 3.05) is 6.61 Å². The zero-order chi connectivity index (χ0) is 18.6. The van der Waals surface area contributed by atoms with Gasteiger partial charge in [-0.2, -0.15) is 0 Å². The fourth-order valence-corrected chi connectivity index (χ4v) is 5.97. The highest BCUT2D eigenvalue weighted by atomic mass is 16.7. The first kappa shape index (κ1) is 18.0. The highest BCUT2D eigenvalue weighted by Gasteiger charge is 2.67. The van der Waals surface area contributed by atoms with E-state index >= 15 is 0 Å². The van der Waals surface area contributed by atoms with Crippen LogP contribution in [0.4, 0.5) is 0 Å². The molecule has 6 nitrogen and oxygen atoms in total. The number of ether oxygens (including phenoxy) is 3. The van der Waals surface area contributed by atoms with E-state index in [4.69, 9.17) is 14.2 Å². The number of aliphatic hydroxyl groups is 1. The lowest BCUT2D eigenvalue weighted by molar-refractivity contribution is -0.255. The summed E-state index contributed by atoms with van der Waals surface area (Å²) in [5, 5.41) is 11.1. The van der Waals surface area contributed by atoms with Gasteiger partial charge in [-0.3, -0.25) is 4.79 Å². The van der Waals surface area contributed by atoms with Gasteiger partial charge in [0.05, 0.1) is 17.6 Å². The van der Waals surface area contributed by atoms with Gasteiger partial charge in [-0.25, -0.2) is 4.79 Å². The Morgan fingerprint density at radius 1 is 1.15 bits per heavy atom.